The van der Waals surface area contributed by atoms with Crippen LogP contribution in [0.25, 0.3) is 9.69 Å². The Labute approximate surface area is 69.7 Å². The third kappa shape index (κ3) is 1.32. The zero-order valence-electron chi connectivity index (χ0n) is 5.50. The van der Waals surface area contributed by atoms with E-state index >= 15 is 0 Å². The predicted molar refractivity (Wildman–Crippen MR) is 44.0 cm³/mol. The lowest BCUT2D eigenvalue weighted by atomic mass is 10.3. The van der Waals surface area contributed by atoms with Crippen molar-refractivity contribution in [3.8, 4) is 0 Å². The van der Waals surface area contributed by atoms with Crippen LogP contribution < -0.4 is 0 Å². The zero-order valence-corrected chi connectivity index (χ0v) is 6.26. The van der Waals surface area contributed by atoms with Crippen LogP contribution in [-0.2, 0) is 0 Å². The Balaban J connectivity index is 3.42. The normalized spacial score (nSPS) is 8.27. The van der Waals surface area contributed by atoms with Gasteiger partial charge in [0.1, 0.15) is 0 Å². The van der Waals surface area contributed by atoms with Gasteiger partial charge < -0.3 is 0 Å². The van der Waals surface area contributed by atoms with Crippen molar-refractivity contribution in [3.63, 3.8) is 0 Å². The van der Waals surface area contributed by atoms with E-state index in [9.17, 15) is 0 Å². The summed E-state index contributed by atoms with van der Waals surface area (Å²) in [6.07, 6.45) is 0. The van der Waals surface area contributed by atoms with Crippen LogP contribution in [0, 0.1) is 13.1 Å². The molecule has 0 heterocycles. The van der Waals surface area contributed by atoms with Gasteiger partial charge in [-0.15, -0.1) is 0 Å². The van der Waals surface area contributed by atoms with Crippen LogP contribution in [0.1, 0.15) is 0 Å². The van der Waals surface area contributed by atoms with Gasteiger partial charge in [0.25, 0.3) is 0 Å². The molecule has 0 unspecified atom stereocenters. The van der Waals surface area contributed by atoms with Crippen LogP contribution in [0.2, 0.25) is 5.02 Å². The van der Waals surface area contributed by atoms with E-state index in [4.69, 9.17) is 24.7 Å². The second-order valence-electron chi connectivity index (χ2n) is 1.83. The minimum Gasteiger partial charge on any atom is -0.250 e. The zero-order chi connectivity index (χ0) is 8.27. The van der Waals surface area contributed by atoms with Crippen molar-refractivity contribution in [2.75, 3.05) is 0 Å². The fraction of sp³-hybridized carbons (Fsp3) is 0. The molecule has 52 valence electrons. The number of hydrogen-bond donors (Lipinski definition) is 0. The molecule has 1 aromatic carbocycles. The molecule has 0 saturated heterocycles. The highest BCUT2D eigenvalue weighted by atomic mass is 35.5. The molecule has 0 N–H and O–H groups in total. The summed E-state index contributed by atoms with van der Waals surface area (Å²) in [5.41, 5.74) is 0.552. The van der Waals surface area contributed by atoms with E-state index in [1.54, 1.807) is 18.2 Å². The minimum absolute atomic E-state index is 0.240. The monoisotopic (exact) mass is 162 g/mol. The number of hydrogen-bond acceptors (Lipinski definition) is 0. The Morgan fingerprint density at radius 3 is 2.36 bits per heavy atom. The van der Waals surface area contributed by atoms with E-state index in [1.807, 2.05) is 0 Å². The largest absolute Gasteiger partial charge is 0.250 e. The third-order valence-corrected chi connectivity index (χ3v) is 1.50. The highest BCUT2D eigenvalue weighted by molar-refractivity contribution is 6.34. The standard InChI is InChI=1S/C8H3ClN2/c1-10-7-5-3-4-6(9)8(7)11-2/h3-5H. The molecule has 2 nitrogen and oxygen atoms in total. The van der Waals surface area contributed by atoms with Crippen LogP contribution >= 0.6 is 11.6 Å². The van der Waals surface area contributed by atoms with E-state index in [1.165, 1.54) is 0 Å². The maximum absolute atomic E-state index is 6.73. The van der Waals surface area contributed by atoms with Crippen molar-refractivity contribution in [3.05, 3.63) is 46.1 Å². The molecule has 0 fully saturated rings. The quantitative estimate of drug-likeness (QED) is 0.517. The molecule has 3 heteroatoms. The summed E-state index contributed by atoms with van der Waals surface area (Å²) in [6, 6.07) is 4.83. The van der Waals surface area contributed by atoms with Gasteiger partial charge in [-0.2, -0.15) is 0 Å². The highest BCUT2D eigenvalue weighted by Gasteiger charge is 2.04. The van der Waals surface area contributed by atoms with Crippen LogP contribution in [0.4, 0.5) is 11.4 Å². The van der Waals surface area contributed by atoms with Gasteiger partial charge in [-0.25, -0.2) is 4.85 Å². The Hall–Kier alpha value is -1.51. The lowest BCUT2D eigenvalue weighted by Crippen LogP contribution is -1.64. The van der Waals surface area contributed by atoms with E-state index in [0.29, 0.717) is 10.7 Å². The first-order valence-corrected chi connectivity index (χ1v) is 3.21. The van der Waals surface area contributed by atoms with E-state index in [-0.39, 0.29) is 5.69 Å². The topological polar surface area (TPSA) is 8.72 Å². The summed E-state index contributed by atoms with van der Waals surface area (Å²) < 4.78 is 0. The van der Waals surface area contributed by atoms with Crippen LogP contribution in [0.3, 0.4) is 0 Å². The molecule has 0 saturated carbocycles. The smallest absolute Gasteiger partial charge is 0.212 e. The Morgan fingerprint density at radius 2 is 1.91 bits per heavy atom. The maximum Gasteiger partial charge on any atom is 0.212 e. The molecule has 0 bridgehead atoms. The van der Waals surface area contributed by atoms with Gasteiger partial charge in [-0.3, -0.25) is 4.85 Å². The van der Waals surface area contributed by atoms with Gasteiger partial charge >= 0.3 is 0 Å². The molecule has 0 aliphatic carbocycles. The highest BCUT2D eigenvalue weighted by Crippen LogP contribution is 2.34. The lowest BCUT2D eigenvalue weighted by molar-refractivity contribution is 1.72. The first-order valence-electron chi connectivity index (χ1n) is 2.83. The van der Waals surface area contributed by atoms with Crippen molar-refractivity contribution in [2.45, 2.75) is 0 Å². The molecule has 0 amide bonds. The first-order chi connectivity index (χ1) is 5.29. The van der Waals surface area contributed by atoms with E-state index in [0.717, 1.165) is 0 Å². The molecular weight excluding hydrogens is 160 g/mol. The average molecular weight is 163 g/mol. The number of benzene rings is 1. The molecule has 0 atom stereocenters. The molecular formula is C8H3ClN2. The summed E-state index contributed by atoms with van der Waals surface area (Å²) in [4.78, 5) is 6.30. The van der Waals surface area contributed by atoms with Crippen molar-refractivity contribution >= 4 is 23.0 Å². The van der Waals surface area contributed by atoms with Gasteiger partial charge in [-0.05, 0) is 0 Å². The summed E-state index contributed by atoms with van der Waals surface area (Å²) in [5, 5.41) is 0.341. The van der Waals surface area contributed by atoms with Crippen molar-refractivity contribution in [1.82, 2.24) is 0 Å². The maximum atomic E-state index is 6.73. The summed E-state index contributed by atoms with van der Waals surface area (Å²) in [5.74, 6) is 0. The van der Waals surface area contributed by atoms with E-state index in [2.05, 4.69) is 9.69 Å². The molecule has 0 aliphatic heterocycles. The van der Waals surface area contributed by atoms with Gasteiger partial charge in [0.2, 0.25) is 5.69 Å². The molecule has 1 aromatic rings. The van der Waals surface area contributed by atoms with Crippen molar-refractivity contribution in [1.29, 1.82) is 0 Å². The Morgan fingerprint density at radius 1 is 1.18 bits per heavy atom. The molecule has 0 radical (unpaired) electrons. The van der Waals surface area contributed by atoms with Gasteiger partial charge in [0.15, 0.2) is 5.69 Å². The average Bonchev–Trinajstić information content (AvgIpc) is 2.04. The van der Waals surface area contributed by atoms with Crippen LogP contribution in [0.5, 0.6) is 0 Å². The second-order valence-corrected chi connectivity index (χ2v) is 2.24. The number of rotatable bonds is 0. The van der Waals surface area contributed by atoms with Gasteiger partial charge in [0.05, 0.1) is 13.1 Å². The lowest BCUT2D eigenvalue weighted by Gasteiger charge is -1.94. The predicted octanol–water partition coefficient (Wildman–Crippen LogP) is 3.44. The SMILES string of the molecule is [C-]#[N+]c1cccc(Cl)c1[N+]#[C-]. The summed E-state index contributed by atoms with van der Waals surface area (Å²) >= 11 is 5.65. The molecule has 0 aromatic heterocycles. The molecule has 11 heavy (non-hydrogen) atoms. The fourth-order valence-corrected chi connectivity index (χ4v) is 0.917. The minimum atomic E-state index is 0.240. The number of para-hydroxylation sites is 1. The number of halogens is 1. The summed E-state index contributed by atoms with van der Waals surface area (Å²) in [6.45, 7) is 13.4. The molecule has 1 rings (SSSR count). The first kappa shape index (κ1) is 7.60. The molecule has 0 spiro atoms. The third-order valence-electron chi connectivity index (χ3n) is 1.20. The van der Waals surface area contributed by atoms with Crippen LogP contribution in [0.15, 0.2) is 18.2 Å². The van der Waals surface area contributed by atoms with Crippen molar-refractivity contribution in [2.24, 2.45) is 0 Å². The van der Waals surface area contributed by atoms with Crippen molar-refractivity contribution < 1.29 is 0 Å². The second kappa shape index (κ2) is 3.05. The van der Waals surface area contributed by atoms with Gasteiger partial charge in [-0.1, -0.05) is 29.8 Å². The Kier molecular flexibility index (Phi) is 2.11. The molecule has 0 aliphatic rings. The van der Waals surface area contributed by atoms with Crippen LogP contribution in [-0.4, -0.2) is 0 Å². The number of nitrogens with zero attached hydrogens (tertiary/aromatic N) is 2. The summed E-state index contributed by atoms with van der Waals surface area (Å²) in [7, 11) is 0. The van der Waals surface area contributed by atoms with E-state index < -0.39 is 0 Å². The Bertz CT molecular complexity index is 357. The van der Waals surface area contributed by atoms with Gasteiger partial charge in [0, 0.05) is 5.02 Å². The fourth-order valence-electron chi connectivity index (χ4n) is 0.705.